The van der Waals surface area contributed by atoms with Gasteiger partial charge >= 0.3 is 0 Å². The van der Waals surface area contributed by atoms with Gasteiger partial charge in [0.1, 0.15) is 5.76 Å². The first-order valence-electron chi connectivity index (χ1n) is 9.50. The molecule has 2 N–H and O–H groups in total. The largest absolute Gasteiger partial charge is 0.467 e. The van der Waals surface area contributed by atoms with E-state index in [0.29, 0.717) is 12.3 Å². The van der Waals surface area contributed by atoms with Gasteiger partial charge in [0.05, 0.1) is 31.9 Å². The zero-order chi connectivity index (χ0) is 20.5. The average Bonchev–Trinajstić information content (AvgIpc) is 3.27. The van der Waals surface area contributed by atoms with Crippen molar-refractivity contribution in [2.24, 2.45) is 0 Å². The Labute approximate surface area is 170 Å². The number of hydrogen-bond acceptors (Lipinski definition) is 4. The maximum atomic E-state index is 12.5. The van der Waals surface area contributed by atoms with Crippen molar-refractivity contribution >= 4 is 11.8 Å². The van der Waals surface area contributed by atoms with Crippen LogP contribution in [0.4, 0.5) is 0 Å². The summed E-state index contributed by atoms with van der Waals surface area (Å²) in [5, 5.41) is 6.06. The minimum absolute atomic E-state index is 0.0113. The number of amides is 2. The van der Waals surface area contributed by atoms with Gasteiger partial charge in [-0.15, -0.1) is 0 Å². The zero-order valence-electron chi connectivity index (χ0n) is 16.4. The van der Waals surface area contributed by atoms with Gasteiger partial charge in [0.25, 0.3) is 0 Å². The van der Waals surface area contributed by atoms with Crippen molar-refractivity contribution in [2.45, 2.75) is 12.6 Å². The van der Waals surface area contributed by atoms with Crippen LogP contribution in [0.3, 0.4) is 0 Å². The Morgan fingerprint density at radius 1 is 0.931 bits per heavy atom. The number of hydrogen-bond donors (Lipinski definition) is 2. The molecule has 2 amide bonds. The predicted molar refractivity (Wildman–Crippen MR) is 111 cm³/mol. The second-order valence-corrected chi connectivity index (χ2v) is 6.74. The van der Waals surface area contributed by atoms with Crippen LogP contribution < -0.4 is 10.6 Å². The fraction of sp³-hybridized carbons (Fsp3) is 0.217. The quantitative estimate of drug-likeness (QED) is 0.588. The number of carbonyl (C=O) groups excluding carboxylic acids is 2. The van der Waals surface area contributed by atoms with Crippen molar-refractivity contribution < 1.29 is 14.0 Å². The number of furan rings is 1. The van der Waals surface area contributed by atoms with Gasteiger partial charge in [-0.05, 0) is 23.3 Å². The fourth-order valence-corrected chi connectivity index (χ4v) is 3.00. The standard InChI is InChI=1S/C23H25N3O3/c1-26(17-21(27)24-15-20-13-8-14-29-20)22(28)16-25-23(18-9-4-2-5-10-18)19-11-6-3-7-12-19/h2-14,23,25H,15-17H2,1H3,(H,24,27). The van der Waals surface area contributed by atoms with E-state index in [1.165, 1.54) is 4.90 Å². The van der Waals surface area contributed by atoms with Gasteiger partial charge in [-0.25, -0.2) is 0 Å². The molecule has 150 valence electrons. The molecule has 0 aliphatic carbocycles. The van der Waals surface area contributed by atoms with Gasteiger partial charge in [0, 0.05) is 7.05 Å². The highest BCUT2D eigenvalue weighted by molar-refractivity contribution is 5.85. The third-order valence-electron chi connectivity index (χ3n) is 4.57. The first kappa shape index (κ1) is 20.4. The summed E-state index contributed by atoms with van der Waals surface area (Å²) in [7, 11) is 1.62. The first-order chi connectivity index (χ1) is 14.1. The van der Waals surface area contributed by atoms with Gasteiger partial charge in [-0.1, -0.05) is 60.7 Å². The van der Waals surface area contributed by atoms with E-state index in [1.807, 2.05) is 60.7 Å². The van der Waals surface area contributed by atoms with Crippen molar-refractivity contribution in [3.05, 3.63) is 95.9 Å². The fourth-order valence-electron chi connectivity index (χ4n) is 3.00. The lowest BCUT2D eigenvalue weighted by molar-refractivity contribution is -0.134. The lowest BCUT2D eigenvalue weighted by Gasteiger charge is -2.22. The Hall–Kier alpha value is -3.38. The third-order valence-corrected chi connectivity index (χ3v) is 4.57. The molecular weight excluding hydrogens is 366 g/mol. The van der Waals surface area contributed by atoms with Crippen molar-refractivity contribution in [3.8, 4) is 0 Å². The maximum Gasteiger partial charge on any atom is 0.239 e. The Kier molecular flexibility index (Phi) is 7.19. The summed E-state index contributed by atoms with van der Waals surface area (Å²) in [6.45, 7) is 0.412. The number of nitrogens with zero attached hydrogens (tertiary/aromatic N) is 1. The summed E-state index contributed by atoms with van der Waals surface area (Å²) < 4.78 is 5.18. The summed E-state index contributed by atoms with van der Waals surface area (Å²) in [6, 6.07) is 23.4. The zero-order valence-corrected chi connectivity index (χ0v) is 16.4. The van der Waals surface area contributed by atoms with E-state index in [4.69, 9.17) is 4.42 Å². The SMILES string of the molecule is CN(CC(=O)NCc1ccco1)C(=O)CNC(c1ccccc1)c1ccccc1. The molecule has 0 radical (unpaired) electrons. The topological polar surface area (TPSA) is 74.6 Å². The molecule has 29 heavy (non-hydrogen) atoms. The summed E-state index contributed by atoms with van der Waals surface area (Å²) in [6.07, 6.45) is 1.55. The van der Waals surface area contributed by atoms with Crippen molar-refractivity contribution in [3.63, 3.8) is 0 Å². The molecule has 0 spiro atoms. The van der Waals surface area contributed by atoms with Crippen LogP contribution in [0.2, 0.25) is 0 Å². The molecule has 0 fully saturated rings. The molecule has 1 aromatic heterocycles. The van der Waals surface area contributed by atoms with Gasteiger partial charge in [0.15, 0.2) is 0 Å². The van der Waals surface area contributed by atoms with E-state index in [-0.39, 0.29) is 30.9 Å². The molecule has 0 saturated carbocycles. The molecule has 0 bridgehead atoms. The van der Waals surface area contributed by atoms with E-state index in [0.717, 1.165) is 11.1 Å². The van der Waals surface area contributed by atoms with Crippen molar-refractivity contribution in [1.29, 1.82) is 0 Å². The molecule has 3 aromatic rings. The second kappa shape index (κ2) is 10.2. The van der Waals surface area contributed by atoms with Crippen LogP contribution >= 0.6 is 0 Å². The molecule has 0 unspecified atom stereocenters. The van der Waals surface area contributed by atoms with Crippen LogP contribution in [0.15, 0.2) is 83.5 Å². The monoisotopic (exact) mass is 391 g/mol. The van der Waals surface area contributed by atoms with Crippen LogP contribution in [-0.2, 0) is 16.1 Å². The van der Waals surface area contributed by atoms with E-state index < -0.39 is 0 Å². The number of nitrogens with one attached hydrogen (secondary N) is 2. The smallest absolute Gasteiger partial charge is 0.239 e. The van der Waals surface area contributed by atoms with Crippen LogP contribution in [0, 0.1) is 0 Å². The van der Waals surface area contributed by atoms with Crippen LogP contribution in [0.5, 0.6) is 0 Å². The van der Waals surface area contributed by atoms with E-state index in [1.54, 1.807) is 25.4 Å². The maximum absolute atomic E-state index is 12.5. The number of benzene rings is 2. The van der Waals surface area contributed by atoms with Crippen molar-refractivity contribution in [1.82, 2.24) is 15.5 Å². The van der Waals surface area contributed by atoms with Gasteiger partial charge in [-0.3, -0.25) is 14.9 Å². The van der Waals surface area contributed by atoms with E-state index in [2.05, 4.69) is 10.6 Å². The molecule has 1 heterocycles. The highest BCUT2D eigenvalue weighted by Crippen LogP contribution is 2.21. The molecule has 0 aliphatic rings. The third kappa shape index (κ3) is 6.05. The summed E-state index contributed by atoms with van der Waals surface area (Å²) in [4.78, 5) is 26.0. The lowest BCUT2D eigenvalue weighted by atomic mass is 9.99. The van der Waals surface area contributed by atoms with E-state index in [9.17, 15) is 9.59 Å². The molecule has 2 aromatic carbocycles. The summed E-state index contributed by atoms with van der Waals surface area (Å²) in [5.74, 6) is 0.275. The highest BCUT2D eigenvalue weighted by Gasteiger charge is 2.17. The highest BCUT2D eigenvalue weighted by atomic mass is 16.3. The Balaban J connectivity index is 1.54. The molecule has 0 saturated heterocycles. The molecule has 0 atom stereocenters. The molecule has 6 heteroatoms. The molecule has 6 nitrogen and oxygen atoms in total. The van der Waals surface area contributed by atoms with E-state index >= 15 is 0 Å². The normalized spacial score (nSPS) is 10.7. The van der Waals surface area contributed by atoms with Crippen LogP contribution in [0.1, 0.15) is 22.9 Å². The second-order valence-electron chi connectivity index (χ2n) is 6.74. The minimum atomic E-state index is -0.236. The lowest BCUT2D eigenvalue weighted by Crippen LogP contribution is -2.42. The Morgan fingerprint density at radius 3 is 2.10 bits per heavy atom. The van der Waals surface area contributed by atoms with Crippen LogP contribution in [0.25, 0.3) is 0 Å². The molecule has 0 aliphatic heterocycles. The number of likely N-dealkylation sites (N-methyl/N-ethyl adjacent to an activating group) is 1. The Bertz CT molecular complexity index is 856. The van der Waals surface area contributed by atoms with Crippen LogP contribution in [-0.4, -0.2) is 36.9 Å². The number of carbonyl (C=O) groups is 2. The number of rotatable bonds is 9. The van der Waals surface area contributed by atoms with Gasteiger partial charge in [0.2, 0.25) is 11.8 Å². The average molecular weight is 391 g/mol. The van der Waals surface area contributed by atoms with Gasteiger partial charge < -0.3 is 14.6 Å². The predicted octanol–water partition coefficient (Wildman–Crippen LogP) is 2.73. The van der Waals surface area contributed by atoms with Crippen molar-refractivity contribution in [2.75, 3.05) is 20.1 Å². The summed E-state index contributed by atoms with van der Waals surface area (Å²) >= 11 is 0. The Morgan fingerprint density at radius 2 is 1.55 bits per heavy atom. The molecular formula is C23H25N3O3. The van der Waals surface area contributed by atoms with Gasteiger partial charge in [-0.2, -0.15) is 0 Å². The molecule has 3 rings (SSSR count). The summed E-state index contributed by atoms with van der Waals surface area (Å²) in [5.41, 5.74) is 2.15. The first-order valence-corrected chi connectivity index (χ1v) is 9.50. The minimum Gasteiger partial charge on any atom is -0.467 e.